The van der Waals surface area contributed by atoms with Gasteiger partial charge in [0.25, 0.3) is 0 Å². The van der Waals surface area contributed by atoms with Gasteiger partial charge in [-0.3, -0.25) is 4.98 Å². The Hall–Kier alpha value is -1.45. The van der Waals surface area contributed by atoms with E-state index >= 15 is 0 Å². The molecule has 0 aliphatic heterocycles. The van der Waals surface area contributed by atoms with Gasteiger partial charge in [-0.05, 0) is 55.7 Å². The minimum Gasteiger partial charge on any atom is -0.324 e. The van der Waals surface area contributed by atoms with Crippen molar-refractivity contribution in [1.82, 2.24) is 4.98 Å². The van der Waals surface area contributed by atoms with Crippen LogP contribution in [0.25, 0.3) is 0 Å². The van der Waals surface area contributed by atoms with Gasteiger partial charge in [-0.25, -0.2) is 4.39 Å². The summed E-state index contributed by atoms with van der Waals surface area (Å²) in [4.78, 5) is 4.38. The Morgan fingerprint density at radius 2 is 2.00 bits per heavy atom. The van der Waals surface area contributed by atoms with Crippen LogP contribution >= 0.6 is 11.6 Å². The van der Waals surface area contributed by atoms with E-state index in [1.165, 1.54) is 12.1 Å². The van der Waals surface area contributed by atoms with E-state index in [4.69, 9.17) is 17.3 Å². The molecule has 19 heavy (non-hydrogen) atoms. The van der Waals surface area contributed by atoms with Crippen LogP contribution in [0.5, 0.6) is 0 Å². The van der Waals surface area contributed by atoms with Crippen LogP contribution in [-0.2, 0) is 6.42 Å². The molecule has 0 bridgehead atoms. The number of aromatic nitrogens is 1. The maximum atomic E-state index is 13.7. The highest BCUT2D eigenvalue weighted by Gasteiger charge is 2.13. The van der Waals surface area contributed by atoms with E-state index < -0.39 is 0 Å². The molecule has 0 spiro atoms. The van der Waals surface area contributed by atoms with Crippen LogP contribution in [0.1, 0.15) is 28.6 Å². The van der Waals surface area contributed by atoms with Crippen molar-refractivity contribution in [2.24, 2.45) is 5.73 Å². The van der Waals surface area contributed by atoms with Crippen LogP contribution in [0.3, 0.4) is 0 Å². The lowest BCUT2D eigenvalue weighted by Gasteiger charge is -2.15. The van der Waals surface area contributed by atoms with Gasteiger partial charge in [0.2, 0.25) is 0 Å². The van der Waals surface area contributed by atoms with E-state index in [-0.39, 0.29) is 11.9 Å². The number of nitrogens with zero attached hydrogens (tertiary/aromatic N) is 1. The topological polar surface area (TPSA) is 38.9 Å². The van der Waals surface area contributed by atoms with Gasteiger partial charge in [0.15, 0.2) is 0 Å². The minimum absolute atomic E-state index is 0.280. The molecular weight excluding hydrogens is 263 g/mol. The first-order valence-corrected chi connectivity index (χ1v) is 6.49. The summed E-state index contributed by atoms with van der Waals surface area (Å²) in [7, 11) is 0. The molecule has 1 unspecified atom stereocenters. The van der Waals surface area contributed by atoms with Gasteiger partial charge in [0.1, 0.15) is 5.82 Å². The van der Waals surface area contributed by atoms with Gasteiger partial charge in [-0.15, -0.1) is 0 Å². The molecule has 0 saturated carbocycles. The maximum absolute atomic E-state index is 13.7. The number of benzene rings is 1. The Morgan fingerprint density at radius 3 is 2.68 bits per heavy atom. The zero-order valence-corrected chi connectivity index (χ0v) is 11.7. The van der Waals surface area contributed by atoms with Gasteiger partial charge in [0, 0.05) is 22.5 Å². The highest BCUT2D eigenvalue weighted by molar-refractivity contribution is 6.30. The molecule has 0 fully saturated rings. The number of nitrogens with two attached hydrogens (primary N) is 1. The fourth-order valence-electron chi connectivity index (χ4n) is 2.14. The molecule has 0 aliphatic rings. The summed E-state index contributed by atoms with van der Waals surface area (Å²) in [5, 5.41) is 0.516. The van der Waals surface area contributed by atoms with Gasteiger partial charge < -0.3 is 5.73 Å². The molecule has 1 heterocycles. The lowest BCUT2D eigenvalue weighted by Crippen LogP contribution is -2.16. The molecule has 1 atom stereocenters. The second-order valence-corrected chi connectivity index (χ2v) is 5.11. The number of rotatable bonds is 3. The number of aryl methyl sites for hydroxylation is 2. The summed E-state index contributed by atoms with van der Waals surface area (Å²) in [6.07, 6.45) is 0.401. The molecule has 4 heteroatoms. The predicted molar refractivity (Wildman–Crippen MR) is 75.8 cm³/mol. The van der Waals surface area contributed by atoms with Gasteiger partial charge >= 0.3 is 0 Å². The van der Waals surface area contributed by atoms with Crippen molar-refractivity contribution in [1.29, 1.82) is 0 Å². The zero-order chi connectivity index (χ0) is 14.0. The van der Waals surface area contributed by atoms with Gasteiger partial charge in [-0.2, -0.15) is 0 Å². The smallest absolute Gasteiger partial charge is 0.126 e. The fraction of sp³-hybridized carbons (Fsp3) is 0.267. The van der Waals surface area contributed by atoms with Crippen molar-refractivity contribution in [2.75, 3.05) is 0 Å². The normalized spacial score (nSPS) is 12.5. The summed E-state index contributed by atoms with van der Waals surface area (Å²) < 4.78 is 13.7. The molecule has 1 aromatic heterocycles. The van der Waals surface area contributed by atoms with Crippen LogP contribution in [0, 0.1) is 19.7 Å². The van der Waals surface area contributed by atoms with Gasteiger partial charge in [0.05, 0.1) is 0 Å². The van der Waals surface area contributed by atoms with Crippen LogP contribution < -0.4 is 5.73 Å². The molecule has 2 nitrogen and oxygen atoms in total. The quantitative estimate of drug-likeness (QED) is 0.929. The van der Waals surface area contributed by atoms with Crippen LogP contribution in [-0.4, -0.2) is 4.98 Å². The third-order valence-corrected chi connectivity index (χ3v) is 3.35. The summed E-state index contributed by atoms with van der Waals surface area (Å²) >= 11 is 5.88. The van der Waals surface area contributed by atoms with Crippen molar-refractivity contribution in [3.63, 3.8) is 0 Å². The monoisotopic (exact) mass is 278 g/mol. The van der Waals surface area contributed by atoms with Crippen molar-refractivity contribution in [2.45, 2.75) is 26.3 Å². The van der Waals surface area contributed by atoms with E-state index in [9.17, 15) is 4.39 Å². The molecule has 2 N–H and O–H groups in total. The Kier molecular flexibility index (Phi) is 4.17. The zero-order valence-electron chi connectivity index (χ0n) is 11.0. The number of pyridine rings is 1. The molecule has 0 aliphatic carbocycles. The predicted octanol–water partition coefficient (Wildman–Crippen LogP) is 3.73. The summed E-state index contributed by atoms with van der Waals surface area (Å²) in [5.74, 6) is -0.280. The average Bonchev–Trinajstić information content (AvgIpc) is 2.33. The first-order valence-electron chi connectivity index (χ1n) is 6.11. The van der Waals surface area contributed by atoms with Crippen LogP contribution in [0.4, 0.5) is 4.39 Å². The highest BCUT2D eigenvalue weighted by Crippen LogP contribution is 2.22. The Balaban J connectivity index is 2.25. The fourth-order valence-corrected chi connectivity index (χ4v) is 2.33. The molecule has 0 radical (unpaired) electrons. The second kappa shape index (κ2) is 5.68. The van der Waals surface area contributed by atoms with Crippen LogP contribution in [0.2, 0.25) is 5.02 Å². The molecule has 2 aromatic rings. The Bertz CT molecular complexity index is 599. The average molecular weight is 279 g/mol. The number of hydrogen-bond donors (Lipinski definition) is 1. The van der Waals surface area contributed by atoms with Gasteiger partial charge in [-0.1, -0.05) is 17.7 Å². The number of halogens is 2. The first-order chi connectivity index (χ1) is 8.97. The summed E-state index contributed by atoms with van der Waals surface area (Å²) in [5.41, 5.74) is 9.44. The van der Waals surface area contributed by atoms with E-state index in [1.807, 2.05) is 26.0 Å². The molecule has 1 aromatic carbocycles. The lowest BCUT2D eigenvalue weighted by atomic mass is 9.98. The third kappa shape index (κ3) is 3.31. The molecule has 0 amide bonds. The SMILES string of the molecule is Cc1ccc(C(N)Cc2cc(Cl)ccc2F)c(C)n1. The lowest BCUT2D eigenvalue weighted by molar-refractivity contribution is 0.592. The van der Waals surface area contributed by atoms with Crippen molar-refractivity contribution >= 4 is 11.6 Å². The van der Waals surface area contributed by atoms with E-state index in [0.717, 1.165) is 17.0 Å². The van der Waals surface area contributed by atoms with Crippen molar-refractivity contribution < 1.29 is 4.39 Å². The standard InChI is InChI=1S/C15H16ClFN2/c1-9-3-5-13(10(2)19-9)15(18)8-11-7-12(16)4-6-14(11)17/h3-7,15H,8,18H2,1-2H3. The largest absolute Gasteiger partial charge is 0.324 e. The number of hydrogen-bond acceptors (Lipinski definition) is 2. The van der Waals surface area contributed by atoms with E-state index in [2.05, 4.69) is 4.98 Å². The third-order valence-electron chi connectivity index (χ3n) is 3.11. The Morgan fingerprint density at radius 1 is 1.26 bits per heavy atom. The summed E-state index contributed by atoms with van der Waals surface area (Å²) in [6, 6.07) is 8.09. The maximum Gasteiger partial charge on any atom is 0.126 e. The molecule has 2 rings (SSSR count). The first kappa shape index (κ1) is 14.0. The van der Waals surface area contributed by atoms with Crippen LogP contribution in [0.15, 0.2) is 30.3 Å². The Labute approximate surface area is 117 Å². The van der Waals surface area contributed by atoms with Crippen molar-refractivity contribution in [3.05, 3.63) is 63.7 Å². The minimum atomic E-state index is -0.291. The molecular formula is C15H16ClFN2. The van der Waals surface area contributed by atoms with Crippen molar-refractivity contribution in [3.8, 4) is 0 Å². The highest BCUT2D eigenvalue weighted by atomic mass is 35.5. The summed E-state index contributed by atoms with van der Waals surface area (Å²) in [6.45, 7) is 3.84. The molecule has 100 valence electrons. The second-order valence-electron chi connectivity index (χ2n) is 4.67. The van der Waals surface area contributed by atoms with E-state index in [0.29, 0.717) is 17.0 Å². The van der Waals surface area contributed by atoms with E-state index in [1.54, 1.807) is 6.07 Å². The molecule has 0 saturated heterocycles.